The number of aromatic carboxylic acids is 1. The Labute approximate surface area is 124 Å². The predicted octanol–water partition coefficient (Wildman–Crippen LogP) is 3.78. The summed E-state index contributed by atoms with van der Waals surface area (Å²) >= 11 is 0. The van der Waals surface area contributed by atoms with E-state index in [4.69, 9.17) is 0 Å². The molecule has 1 aromatic carbocycles. The van der Waals surface area contributed by atoms with Crippen molar-refractivity contribution in [2.75, 3.05) is 5.32 Å². The molecule has 0 amide bonds. The van der Waals surface area contributed by atoms with Crippen LogP contribution in [0.3, 0.4) is 0 Å². The molecule has 0 aliphatic heterocycles. The summed E-state index contributed by atoms with van der Waals surface area (Å²) < 4.78 is 0. The molecule has 4 heteroatoms. The van der Waals surface area contributed by atoms with Crippen LogP contribution in [0.25, 0.3) is 10.8 Å². The van der Waals surface area contributed by atoms with E-state index in [0.717, 1.165) is 23.0 Å². The average molecular weight is 284 g/mol. The van der Waals surface area contributed by atoms with Crippen LogP contribution >= 0.6 is 0 Å². The molecule has 0 spiro atoms. The van der Waals surface area contributed by atoms with E-state index < -0.39 is 5.97 Å². The van der Waals surface area contributed by atoms with Gasteiger partial charge in [-0.2, -0.15) is 0 Å². The molecule has 0 saturated heterocycles. The Morgan fingerprint density at radius 3 is 2.57 bits per heavy atom. The van der Waals surface area contributed by atoms with Crippen LogP contribution in [0, 0.1) is 11.8 Å². The summed E-state index contributed by atoms with van der Waals surface area (Å²) in [6, 6.07) is 7.96. The summed E-state index contributed by atoms with van der Waals surface area (Å²) in [6.45, 7) is 4.55. The second-order valence-electron chi connectivity index (χ2n) is 6.04. The first-order valence-corrected chi connectivity index (χ1v) is 7.45. The number of carbonyl (C=O) groups is 1. The number of hydrogen-bond donors (Lipinski definition) is 2. The van der Waals surface area contributed by atoms with Gasteiger partial charge in [-0.25, -0.2) is 9.78 Å². The minimum Gasteiger partial charge on any atom is -0.478 e. The molecule has 110 valence electrons. The Kier molecular flexibility index (Phi) is 3.53. The molecule has 3 rings (SSSR count). The van der Waals surface area contributed by atoms with E-state index in [9.17, 15) is 9.90 Å². The number of rotatable bonds is 3. The number of benzene rings is 1. The lowest BCUT2D eigenvalue weighted by Gasteiger charge is -2.21. The highest BCUT2D eigenvalue weighted by atomic mass is 16.4. The van der Waals surface area contributed by atoms with E-state index in [2.05, 4.69) is 24.1 Å². The first kappa shape index (κ1) is 13.9. The molecule has 3 unspecified atom stereocenters. The van der Waals surface area contributed by atoms with Crippen LogP contribution in [-0.2, 0) is 0 Å². The second kappa shape index (κ2) is 5.35. The van der Waals surface area contributed by atoms with Crippen molar-refractivity contribution in [3.8, 4) is 0 Å². The summed E-state index contributed by atoms with van der Waals surface area (Å²) in [7, 11) is 0. The van der Waals surface area contributed by atoms with Gasteiger partial charge in [0.15, 0.2) is 0 Å². The van der Waals surface area contributed by atoms with Crippen LogP contribution < -0.4 is 5.32 Å². The lowest BCUT2D eigenvalue weighted by atomic mass is 9.97. The Bertz CT molecular complexity index is 684. The summed E-state index contributed by atoms with van der Waals surface area (Å²) in [4.78, 5) is 15.7. The van der Waals surface area contributed by atoms with Crippen molar-refractivity contribution in [2.24, 2.45) is 11.8 Å². The summed E-state index contributed by atoms with van der Waals surface area (Å²) in [5.74, 6) is 1.17. The van der Waals surface area contributed by atoms with Crippen LogP contribution in [-0.4, -0.2) is 22.1 Å². The fourth-order valence-corrected chi connectivity index (χ4v) is 3.22. The summed E-state index contributed by atoms with van der Waals surface area (Å²) in [5.41, 5.74) is 0.254. The van der Waals surface area contributed by atoms with Gasteiger partial charge >= 0.3 is 5.97 Å². The Morgan fingerprint density at radius 2 is 1.95 bits per heavy atom. The first-order valence-electron chi connectivity index (χ1n) is 7.45. The number of nitrogens with zero attached hydrogens (tertiary/aromatic N) is 1. The minimum absolute atomic E-state index is 0.254. The highest BCUT2D eigenvalue weighted by molar-refractivity contribution is 6.06. The van der Waals surface area contributed by atoms with E-state index in [-0.39, 0.29) is 5.56 Å². The van der Waals surface area contributed by atoms with Gasteiger partial charge in [0, 0.05) is 23.0 Å². The quantitative estimate of drug-likeness (QED) is 0.900. The normalized spacial score (nSPS) is 25.1. The zero-order valence-electron chi connectivity index (χ0n) is 12.3. The molecule has 2 N–H and O–H groups in total. The number of anilines is 1. The van der Waals surface area contributed by atoms with Crippen molar-refractivity contribution in [2.45, 2.75) is 32.7 Å². The SMILES string of the molecule is CC1CCC(Nc2ncc(C(=O)O)c3ccccc23)C1C. The molecule has 2 aromatic rings. The zero-order chi connectivity index (χ0) is 15.0. The lowest BCUT2D eigenvalue weighted by Crippen LogP contribution is -2.24. The molecule has 3 atom stereocenters. The standard InChI is InChI=1S/C17H20N2O2/c1-10-7-8-15(11(10)2)19-16-13-6-4-3-5-12(13)14(9-18-16)17(20)21/h3-6,9-11,15H,7-8H2,1-2H3,(H,18,19)(H,20,21). The monoisotopic (exact) mass is 284 g/mol. The zero-order valence-corrected chi connectivity index (χ0v) is 12.3. The fraction of sp³-hybridized carbons (Fsp3) is 0.412. The van der Waals surface area contributed by atoms with Crippen molar-refractivity contribution in [3.63, 3.8) is 0 Å². The van der Waals surface area contributed by atoms with Crippen LogP contribution in [0.15, 0.2) is 30.5 Å². The summed E-state index contributed by atoms with van der Waals surface area (Å²) in [5, 5.41) is 14.4. The first-order chi connectivity index (χ1) is 10.1. The third kappa shape index (κ3) is 2.46. The highest BCUT2D eigenvalue weighted by Crippen LogP contribution is 2.34. The average Bonchev–Trinajstić information content (AvgIpc) is 2.79. The molecular formula is C17H20N2O2. The minimum atomic E-state index is -0.937. The van der Waals surface area contributed by atoms with Gasteiger partial charge in [-0.05, 0) is 24.7 Å². The molecule has 1 aliphatic rings. The van der Waals surface area contributed by atoms with Crippen molar-refractivity contribution >= 4 is 22.6 Å². The lowest BCUT2D eigenvalue weighted by molar-refractivity contribution is 0.0698. The van der Waals surface area contributed by atoms with Gasteiger partial charge in [-0.3, -0.25) is 0 Å². The van der Waals surface area contributed by atoms with Crippen molar-refractivity contribution < 1.29 is 9.90 Å². The van der Waals surface area contributed by atoms with E-state index in [0.29, 0.717) is 17.9 Å². The molecule has 4 nitrogen and oxygen atoms in total. The fourth-order valence-electron chi connectivity index (χ4n) is 3.22. The molecule has 1 saturated carbocycles. The van der Waals surface area contributed by atoms with Gasteiger partial charge in [0.05, 0.1) is 5.56 Å². The largest absolute Gasteiger partial charge is 0.478 e. The van der Waals surface area contributed by atoms with E-state index >= 15 is 0 Å². The van der Waals surface area contributed by atoms with Crippen LogP contribution in [0.2, 0.25) is 0 Å². The molecule has 0 bridgehead atoms. The number of hydrogen-bond acceptors (Lipinski definition) is 3. The maximum absolute atomic E-state index is 11.3. The number of carboxylic acids is 1. The molecule has 21 heavy (non-hydrogen) atoms. The smallest absolute Gasteiger partial charge is 0.337 e. The van der Waals surface area contributed by atoms with E-state index in [1.54, 1.807) is 0 Å². The highest BCUT2D eigenvalue weighted by Gasteiger charge is 2.30. The molecule has 1 heterocycles. The number of fused-ring (bicyclic) bond motifs is 1. The van der Waals surface area contributed by atoms with Crippen LogP contribution in [0.1, 0.15) is 37.0 Å². The topological polar surface area (TPSA) is 62.2 Å². The van der Waals surface area contributed by atoms with E-state index in [1.165, 1.54) is 12.6 Å². The van der Waals surface area contributed by atoms with Crippen LogP contribution in [0.5, 0.6) is 0 Å². The van der Waals surface area contributed by atoms with Crippen molar-refractivity contribution in [3.05, 3.63) is 36.0 Å². The number of pyridine rings is 1. The van der Waals surface area contributed by atoms with Gasteiger partial charge in [-0.1, -0.05) is 38.1 Å². The third-order valence-electron chi connectivity index (χ3n) is 4.81. The Hall–Kier alpha value is -2.10. The van der Waals surface area contributed by atoms with E-state index in [1.807, 2.05) is 24.3 Å². The Balaban J connectivity index is 2.00. The number of carboxylic acid groups (broad SMARTS) is 1. The second-order valence-corrected chi connectivity index (χ2v) is 6.04. The predicted molar refractivity (Wildman–Crippen MR) is 83.7 cm³/mol. The molecule has 1 aliphatic carbocycles. The van der Waals surface area contributed by atoms with Gasteiger partial charge in [0.25, 0.3) is 0 Å². The maximum atomic E-state index is 11.3. The van der Waals surface area contributed by atoms with Gasteiger partial charge < -0.3 is 10.4 Å². The molecule has 1 aromatic heterocycles. The van der Waals surface area contributed by atoms with Gasteiger partial charge in [0.2, 0.25) is 0 Å². The molecule has 0 radical (unpaired) electrons. The van der Waals surface area contributed by atoms with Crippen LogP contribution in [0.4, 0.5) is 5.82 Å². The third-order valence-corrected chi connectivity index (χ3v) is 4.81. The maximum Gasteiger partial charge on any atom is 0.337 e. The van der Waals surface area contributed by atoms with Gasteiger partial charge in [0.1, 0.15) is 5.82 Å². The van der Waals surface area contributed by atoms with Gasteiger partial charge in [-0.15, -0.1) is 0 Å². The number of aromatic nitrogens is 1. The molecule has 1 fully saturated rings. The van der Waals surface area contributed by atoms with Crippen molar-refractivity contribution in [1.82, 2.24) is 4.98 Å². The van der Waals surface area contributed by atoms with Crippen molar-refractivity contribution in [1.29, 1.82) is 0 Å². The molecular weight excluding hydrogens is 264 g/mol. The Morgan fingerprint density at radius 1 is 1.24 bits per heavy atom. The number of nitrogens with one attached hydrogen (secondary N) is 1. The summed E-state index contributed by atoms with van der Waals surface area (Å²) in [6.07, 6.45) is 3.82.